The van der Waals surface area contributed by atoms with Crippen LogP contribution in [-0.4, -0.2) is 62.1 Å². The van der Waals surface area contributed by atoms with Crippen molar-refractivity contribution in [1.29, 1.82) is 0 Å². The van der Waals surface area contributed by atoms with Crippen molar-refractivity contribution in [3.8, 4) is 5.75 Å². The van der Waals surface area contributed by atoms with Crippen LogP contribution in [0.1, 0.15) is 53.8 Å². The minimum atomic E-state index is 0.724. The molecule has 3 heterocycles. The molecule has 0 spiro atoms. The van der Waals surface area contributed by atoms with Gasteiger partial charge in [-0.2, -0.15) is 0 Å². The molecule has 0 N–H and O–H groups in total. The third-order valence-corrected chi connectivity index (χ3v) is 8.28. The zero-order valence-electron chi connectivity index (χ0n) is 21.7. The van der Waals surface area contributed by atoms with E-state index in [0.717, 1.165) is 91.0 Å². The fourth-order valence-corrected chi connectivity index (χ4v) is 5.94. The van der Waals surface area contributed by atoms with Gasteiger partial charge in [-0.1, -0.05) is 10.3 Å². The normalized spacial score (nSPS) is 17.6. The van der Waals surface area contributed by atoms with E-state index in [1.165, 1.54) is 30.6 Å². The number of ether oxygens (including phenoxy) is 1. The quantitative estimate of drug-likeness (QED) is 0.235. The number of hydrogen-bond acceptors (Lipinski definition) is 8. The van der Waals surface area contributed by atoms with Crippen molar-refractivity contribution >= 4 is 28.5 Å². The molecule has 0 radical (unpaired) electrons. The average molecular weight is 511 g/mol. The molecule has 0 unspecified atom stereocenters. The van der Waals surface area contributed by atoms with E-state index in [-0.39, 0.29) is 0 Å². The number of piperidine rings is 1. The Hall–Kier alpha value is -2.42. The standard InChI is InChI=1S/C28H38N4O3S/c1-31(2)17-24-26(34-19-21-4-5-21)9-7-23-25(30-35-28(23)24)8-6-20-10-13-32(14-11-20)18-27-22(12-15-36-27)16-29-33-3/h7,9,12,15-16,20-21H,4-6,8,10-11,13-14,17-19H2,1-3H3/b29-16-. The molecule has 0 amide bonds. The summed E-state index contributed by atoms with van der Waals surface area (Å²) in [5.41, 5.74) is 4.26. The summed E-state index contributed by atoms with van der Waals surface area (Å²) < 4.78 is 12.1. The Labute approximate surface area is 218 Å². The fourth-order valence-electron chi connectivity index (χ4n) is 5.05. The lowest BCUT2D eigenvalue weighted by atomic mass is 9.91. The largest absolute Gasteiger partial charge is 0.493 e. The summed E-state index contributed by atoms with van der Waals surface area (Å²) in [6, 6.07) is 6.39. The number of nitrogens with zero attached hydrogens (tertiary/aromatic N) is 4. The monoisotopic (exact) mass is 510 g/mol. The number of aryl methyl sites for hydroxylation is 1. The molecule has 194 valence electrons. The zero-order valence-corrected chi connectivity index (χ0v) is 22.6. The highest BCUT2D eigenvalue weighted by Crippen LogP contribution is 2.35. The van der Waals surface area contributed by atoms with E-state index in [4.69, 9.17) is 14.1 Å². The van der Waals surface area contributed by atoms with Crippen molar-refractivity contribution in [2.24, 2.45) is 17.0 Å². The second kappa shape index (κ2) is 11.8. The van der Waals surface area contributed by atoms with E-state index >= 15 is 0 Å². The van der Waals surface area contributed by atoms with Gasteiger partial charge >= 0.3 is 0 Å². The Morgan fingerprint density at radius 1 is 1.17 bits per heavy atom. The van der Waals surface area contributed by atoms with Crippen molar-refractivity contribution in [2.75, 3.05) is 40.9 Å². The number of benzene rings is 1. The Kier molecular flexibility index (Phi) is 8.24. The van der Waals surface area contributed by atoms with Gasteiger partial charge < -0.3 is 19.0 Å². The second-order valence-electron chi connectivity index (χ2n) is 10.5. The van der Waals surface area contributed by atoms with Crippen LogP contribution in [0, 0.1) is 11.8 Å². The second-order valence-corrected chi connectivity index (χ2v) is 11.5. The molecule has 36 heavy (non-hydrogen) atoms. The van der Waals surface area contributed by atoms with Crippen LogP contribution in [0.2, 0.25) is 0 Å². The highest BCUT2D eigenvalue weighted by Gasteiger charge is 2.25. The molecule has 1 aliphatic carbocycles. The topological polar surface area (TPSA) is 63.3 Å². The van der Waals surface area contributed by atoms with Gasteiger partial charge in [-0.3, -0.25) is 4.90 Å². The van der Waals surface area contributed by atoms with Crippen LogP contribution in [0.25, 0.3) is 11.0 Å². The first-order chi connectivity index (χ1) is 17.6. The van der Waals surface area contributed by atoms with Crippen molar-refractivity contribution in [3.05, 3.63) is 45.3 Å². The summed E-state index contributed by atoms with van der Waals surface area (Å²) >= 11 is 1.80. The first kappa shape index (κ1) is 25.2. The Morgan fingerprint density at radius 2 is 2.00 bits per heavy atom. The predicted octanol–water partition coefficient (Wildman–Crippen LogP) is 5.56. The van der Waals surface area contributed by atoms with Gasteiger partial charge in [0.1, 0.15) is 12.9 Å². The van der Waals surface area contributed by atoms with E-state index < -0.39 is 0 Å². The molecule has 1 aliphatic heterocycles. The number of aromatic nitrogens is 1. The van der Waals surface area contributed by atoms with E-state index in [9.17, 15) is 0 Å². The molecule has 5 rings (SSSR count). The first-order valence-electron chi connectivity index (χ1n) is 13.1. The van der Waals surface area contributed by atoms with Crippen molar-refractivity contribution in [1.82, 2.24) is 15.0 Å². The van der Waals surface area contributed by atoms with Crippen LogP contribution in [0.4, 0.5) is 0 Å². The third kappa shape index (κ3) is 6.28. The number of fused-ring (bicyclic) bond motifs is 1. The van der Waals surface area contributed by atoms with Crippen LogP contribution in [-0.2, 0) is 24.3 Å². The highest BCUT2D eigenvalue weighted by atomic mass is 32.1. The fraction of sp³-hybridized carbons (Fsp3) is 0.571. The Bertz CT molecular complexity index is 1160. The van der Waals surface area contributed by atoms with Gasteiger partial charge in [0.05, 0.1) is 24.1 Å². The summed E-state index contributed by atoms with van der Waals surface area (Å²) in [4.78, 5) is 10.9. The Balaban J connectivity index is 1.17. The van der Waals surface area contributed by atoms with Gasteiger partial charge in [-0.05, 0) is 101 Å². The number of hydrogen-bond donors (Lipinski definition) is 0. The molecule has 1 saturated carbocycles. The minimum Gasteiger partial charge on any atom is -0.493 e. The van der Waals surface area contributed by atoms with Crippen LogP contribution < -0.4 is 4.74 Å². The van der Waals surface area contributed by atoms with Crippen LogP contribution in [0.15, 0.2) is 33.3 Å². The minimum absolute atomic E-state index is 0.724. The van der Waals surface area contributed by atoms with Gasteiger partial charge in [0.2, 0.25) is 0 Å². The lowest BCUT2D eigenvalue weighted by molar-refractivity contribution is 0.173. The van der Waals surface area contributed by atoms with Gasteiger partial charge in [0.25, 0.3) is 0 Å². The van der Waals surface area contributed by atoms with Gasteiger partial charge in [0, 0.05) is 28.9 Å². The van der Waals surface area contributed by atoms with Crippen LogP contribution in [0.5, 0.6) is 5.75 Å². The van der Waals surface area contributed by atoms with E-state index in [2.05, 4.69) is 57.8 Å². The third-order valence-electron chi connectivity index (χ3n) is 7.36. The number of likely N-dealkylation sites (tertiary alicyclic amines) is 1. The molecule has 1 aromatic carbocycles. The smallest absolute Gasteiger partial charge is 0.175 e. The molecule has 0 bridgehead atoms. The first-order valence-corrected chi connectivity index (χ1v) is 14.0. The number of oxime groups is 1. The summed E-state index contributed by atoms with van der Waals surface area (Å²) in [5.74, 6) is 2.40. The molecule has 2 fully saturated rings. The average Bonchev–Trinajstić information content (AvgIpc) is 3.45. The van der Waals surface area contributed by atoms with E-state index in [1.54, 1.807) is 18.4 Å². The highest BCUT2D eigenvalue weighted by molar-refractivity contribution is 7.10. The van der Waals surface area contributed by atoms with E-state index in [0.29, 0.717) is 0 Å². The lowest BCUT2D eigenvalue weighted by Gasteiger charge is -2.31. The number of rotatable bonds is 12. The van der Waals surface area contributed by atoms with E-state index in [1.807, 2.05) is 6.21 Å². The Morgan fingerprint density at radius 3 is 2.75 bits per heavy atom. The predicted molar refractivity (Wildman–Crippen MR) is 145 cm³/mol. The van der Waals surface area contributed by atoms with Gasteiger partial charge in [-0.15, -0.1) is 11.3 Å². The maximum absolute atomic E-state index is 6.18. The van der Waals surface area contributed by atoms with Crippen LogP contribution >= 0.6 is 11.3 Å². The van der Waals surface area contributed by atoms with Crippen LogP contribution in [0.3, 0.4) is 0 Å². The summed E-state index contributed by atoms with van der Waals surface area (Å²) in [6.07, 6.45) is 8.96. The molecule has 1 saturated heterocycles. The van der Waals surface area contributed by atoms with Crippen molar-refractivity contribution in [2.45, 2.75) is 51.6 Å². The van der Waals surface area contributed by atoms with Gasteiger partial charge in [0.15, 0.2) is 5.58 Å². The molecule has 3 aromatic rings. The molecule has 7 nitrogen and oxygen atoms in total. The molecular formula is C28H38N4O3S. The SMILES string of the molecule is CO/N=C\c1ccsc1CN1CCC(CCc2noc3c(CN(C)C)c(OCC4CC4)ccc23)CC1. The van der Waals surface area contributed by atoms with Gasteiger partial charge in [-0.25, -0.2) is 0 Å². The maximum Gasteiger partial charge on any atom is 0.175 e. The summed E-state index contributed by atoms with van der Waals surface area (Å²) in [6.45, 7) is 4.85. The molecule has 0 atom stereocenters. The lowest BCUT2D eigenvalue weighted by Crippen LogP contribution is -2.33. The molecular weight excluding hydrogens is 472 g/mol. The summed E-state index contributed by atoms with van der Waals surface area (Å²) in [5, 5.41) is 11.7. The molecule has 2 aromatic heterocycles. The maximum atomic E-state index is 6.18. The number of thiophene rings is 1. The summed E-state index contributed by atoms with van der Waals surface area (Å²) in [7, 11) is 5.75. The molecule has 2 aliphatic rings. The molecule has 8 heteroatoms. The van der Waals surface area contributed by atoms with Crippen molar-refractivity contribution < 1.29 is 14.1 Å². The van der Waals surface area contributed by atoms with Crippen molar-refractivity contribution in [3.63, 3.8) is 0 Å². The zero-order chi connectivity index (χ0) is 24.9.